The molecule has 0 atom stereocenters. The number of terminal acetylenes is 1. The van der Waals surface area contributed by atoms with E-state index in [-0.39, 0.29) is 11.4 Å². The summed E-state index contributed by atoms with van der Waals surface area (Å²) < 4.78 is 25.8. The fourth-order valence-corrected chi connectivity index (χ4v) is 2.91. The van der Waals surface area contributed by atoms with Gasteiger partial charge in [0.2, 0.25) is 10.0 Å². The molecule has 4 nitrogen and oxygen atoms in total. The van der Waals surface area contributed by atoms with Gasteiger partial charge in [0, 0.05) is 18.6 Å². The molecule has 18 heavy (non-hydrogen) atoms. The van der Waals surface area contributed by atoms with E-state index in [2.05, 4.69) is 10.9 Å². The van der Waals surface area contributed by atoms with E-state index in [1.165, 1.54) is 13.1 Å². The van der Waals surface area contributed by atoms with Gasteiger partial charge in [-0.25, -0.2) is 8.42 Å². The third-order valence-electron chi connectivity index (χ3n) is 2.60. The number of benzene rings is 1. The van der Waals surface area contributed by atoms with Crippen LogP contribution in [0.3, 0.4) is 0 Å². The standard InChI is InChI=1S/C13H12N2O2S/c1-3-10-15(2)18(16,17)12-8-4-6-11-7-5-9-14-13(11)12/h1,4-9H,10H2,2H3. The Morgan fingerprint density at radius 3 is 2.78 bits per heavy atom. The van der Waals surface area contributed by atoms with Crippen LogP contribution in [0.1, 0.15) is 0 Å². The molecule has 0 saturated carbocycles. The zero-order valence-electron chi connectivity index (χ0n) is 9.87. The Morgan fingerprint density at radius 2 is 2.06 bits per heavy atom. The van der Waals surface area contributed by atoms with E-state index in [1.54, 1.807) is 18.3 Å². The lowest BCUT2D eigenvalue weighted by Gasteiger charge is -2.15. The molecule has 0 aliphatic rings. The summed E-state index contributed by atoms with van der Waals surface area (Å²) in [6.45, 7) is 0.0333. The summed E-state index contributed by atoms with van der Waals surface area (Å²) in [5, 5.41) is 0.785. The molecule has 1 aromatic carbocycles. The number of rotatable bonds is 3. The monoisotopic (exact) mass is 260 g/mol. The summed E-state index contributed by atoms with van der Waals surface area (Å²) in [5.41, 5.74) is 0.462. The van der Waals surface area contributed by atoms with Crippen molar-refractivity contribution in [2.45, 2.75) is 4.90 Å². The average molecular weight is 260 g/mol. The number of hydrogen-bond acceptors (Lipinski definition) is 3. The molecular weight excluding hydrogens is 248 g/mol. The van der Waals surface area contributed by atoms with Crippen molar-refractivity contribution in [1.29, 1.82) is 0 Å². The van der Waals surface area contributed by atoms with E-state index in [9.17, 15) is 8.42 Å². The van der Waals surface area contributed by atoms with E-state index in [1.807, 2.05) is 12.1 Å². The second kappa shape index (κ2) is 4.77. The Morgan fingerprint density at radius 1 is 1.33 bits per heavy atom. The Balaban J connectivity index is 2.65. The highest BCUT2D eigenvalue weighted by Crippen LogP contribution is 2.22. The van der Waals surface area contributed by atoms with Gasteiger partial charge in [-0.3, -0.25) is 4.98 Å². The van der Waals surface area contributed by atoms with Gasteiger partial charge in [-0.15, -0.1) is 6.42 Å². The van der Waals surface area contributed by atoms with Crippen LogP contribution >= 0.6 is 0 Å². The van der Waals surface area contributed by atoms with Crippen molar-refractivity contribution in [2.75, 3.05) is 13.6 Å². The zero-order chi connectivity index (χ0) is 13.2. The van der Waals surface area contributed by atoms with Crippen molar-refractivity contribution in [3.63, 3.8) is 0 Å². The van der Waals surface area contributed by atoms with Crippen LogP contribution in [0.4, 0.5) is 0 Å². The van der Waals surface area contributed by atoms with Crippen LogP contribution in [-0.2, 0) is 10.0 Å². The van der Waals surface area contributed by atoms with E-state index < -0.39 is 10.0 Å². The van der Waals surface area contributed by atoms with Crippen LogP contribution in [0.2, 0.25) is 0 Å². The van der Waals surface area contributed by atoms with Crippen molar-refractivity contribution >= 4 is 20.9 Å². The second-order valence-electron chi connectivity index (χ2n) is 3.80. The van der Waals surface area contributed by atoms with Crippen molar-refractivity contribution in [1.82, 2.24) is 9.29 Å². The molecule has 0 amide bonds. The molecule has 0 saturated heterocycles. The lowest BCUT2D eigenvalue weighted by molar-refractivity contribution is 0.504. The molecule has 0 radical (unpaired) electrons. The molecule has 92 valence electrons. The molecule has 5 heteroatoms. The molecular formula is C13H12N2O2S. The topological polar surface area (TPSA) is 50.3 Å². The van der Waals surface area contributed by atoms with Crippen LogP contribution in [0.5, 0.6) is 0 Å². The first-order valence-electron chi connectivity index (χ1n) is 5.31. The number of hydrogen-bond donors (Lipinski definition) is 0. The van der Waals surface area contributed by atoms with E-state index in [0.717, 1.165) is 9.69 Å². The van der Waals surface area contributed by atoms with Crippen molar-refractivity contribution < 1.29 is 8.42 Å². The highest BCUT2D eigenvalue weighted by Gasteiger charge is 2.22. The molecule has 0 aliphatic carbocycles. The SMILES string of the molecule is C#CCN(C)S(=O)(=O)c1cccc2cccnc12. The summed E-state index contributed by atoms with van der Waals surface area (Å²) in [5.74, 6) is 2.32. The van der Waals surface area contributed by atoms with Crippen LogP contribution in [0.25, 0.3) is 10.9 Å². The third-order valence-corrected chi connectivity index (χ3v) is 4.43. The molecule has 2 rings (SSSR count). The Labute approximate surface area is 106 Å². The van der Waals surface area contributed by atoms with Gasteiger partial charge in [-0.2, -0.15) is 4.31 Å². The first-order valence-corrected chi connectivity index (χ1v) is 6.75. The number of fused-ring (bicyclic) bond motifs is 1. The number of para-hydroxylation sites is 1. The molecule has 0 fully saturated rings. The van der Waals surface area contributed by atoms with Crippen LogP contribution in [-0.4, -0.2) is 31.3 Å². The average Bonchev–Trinajstić information content (AvgIpc) is 2.38. The minimum atomic E-state index is -3.60. The van der Waals surface area contributed by atoms with Gasteiger partial charge in [-0.1, -0.05) is 24.1 Å². The van der Waals surface area contributed by atoms with Crippen LogP contribution < -0.4 is 0 Å². The molecule has 0 bridgehead atoms. The minimum Gasteiger partial charge on any atom is -0.255 e. The molecule has 2 aromatic rings. The summed E-state index contributed by atoms with van der Waals surface area (Å²) in [6.07, 6.45) is 6.72. The molecule has 0 spiro atoms. The smallest absolute Gasteiger partial charge is 0.245 e. The highest BCUT2D eigenvalue weighted by molar-refractivity contribution is 7.89. The maximum absolute atomic E-state index is 12.3. The van der Waals surface area contributed by atoms with E-state index in [0.29, 0.717) is 5.52 Å². The third kappa shape index (κ3) is 2.08. The number of nitrogens with zero attached hydrogens (tertiary/aromatic N) is 2. The summed E-state index contributed by atoms with van der Waals surface area (Å²) >= 11 is 0. The fraction of sp³-hybridized carbons (Fsp3) is 0.154. The van der Waals surface area contributed by atoms with E-state index in [4.69, 9.17) is 6.42 Å². The summed E-state index contributed by atoms with van der Waals surface area (Å²) in [6, 6.07) is 8.65. The maximum Gasteiger partial charge on any atom is 0.245 e. The minimum absolute atomic E-state index is 0.0333. The Kier molecular flexibility index (Phi) is 3.32. The van der Waals surface area contributed by atoms with Gasteiger partial charge in [0.25, 0.3) is 0 Å². The number of pyridine rings is 1. The normalized spacial score (nSPS) is 11.6. The van der Waals surface area contributed by atoms with Gasteiger partial charge in [-0.05, 0) is 12.1 Å². The highest BCUT2D eigenvalue weighted by atomic mass is 32.2. The van der Waals surface area contributed by atoms with Gasteiger partial charge >= 0.3 is 0 Å². The summed E-state index contributed by atoms with van der Waals surface area (Å²) in [7, 11) is -2.14. The quantitative estimate of drug-likeness (QED) is 0.786. The van der Waals surface area contributed by atoms with E-state index >= 15 is 0 Å². The first kappa shape index (κ1) is 12.6. The zero-order valence-corrected chi connectivity index (χ0v) is 10.7. The van der Waals surface area contributed by atoms with Gasteiger partial charge in [0.15, 0.2) is 0 Å². The first-order chi connectivity index (χ1) is 8.57. The maximum atomic E-state index is 12.3. The van der Waals surface area contributed by atoms with Crippen LogP contribution in [0, 0.1) is 12.3 Å². The molecule has 0 unspecified atom stereocenters. The number of sulfonamides is 1. The summed E-state index contributed by atoms with van der Waals surface area (Å²) in [4.78, 5) is 4.31. The Bertz CT molecular complexity index is 712. The molecule has 1 aromatic heterocycles. The number of aromatic nitrogens is 1. The fourth-order valence-electron chi connectivity index (χ4n) is 1.67. The van der Waals surface area contributed by atoms with Crippen molar-refractivity contribution in [3.05, 3.63) is 36.5 Å². The Hall–Kier alpha value is -1.90. The molecule has 0 aliphatic heterocycles. The predicted octanol–water partition coefficient (Wildman–Crippen LogP) is 1.49. The van der Waals surface area contributed by atoms with Crippen LogP contribution in [0.15, 0.2) is 41.4 Å². The predicted molar refractivity (Wildman–Crippen MR) is 70.4 cm³/mol. The second-order valence-corrected chi connectivity index (χ2v) is 5.81. The van der Waals surface area contributed by atoms with Gasteiger partial charge in [0.05, 0.1) is 12.1 Å². The molecule has 0 N–H and O–H groups in total. The van der Waals surface area contributed by atoms with Gasteiger partial charge in [0.1, 0.15) is 4.90 Å². The molecule has 1 heterocycles. The lowest BCUT2D eigenvalue weighted by atomic mass is 10.2. The lowest BCUT2D eigenvalue weighted by Crippen LogP contribution is -2.27. The van der Waals surface area contributed by atoms with Crippen molar-refractivity contribution in [3.8, 4) is 12.3 Å². The largest absolute Gasteiger partial charge is 0.255 e. The van der Waals surface area contributed by atoms with Crippen molar-refractivity contribution in [2.24, 2.45) is 0 Å². The van der Waals surface area contributed by atoms with Gasteiger partial charge < -0.3 is 0 Å².